The highest BCUT2D eigenvalue weighted by Crippen LogP contribution is 2.43. The Hall–Kier alpha value is -2.19. The van der Waals surface area contributed by atoms with Gasteiger partial charge in [-0.25, -0.2) is 8.42 Å². The van der Waals surface area contributed by atoms with Crippen molar-refractivity contribution in [3.05, 3.63) is 51.4 Å². The molecule has 0 bridgehead atoms. The van der Waals surface area contributed by atoms with Gasteiger partial charge in [-0.3, -0.25) is 9.59 Å². The van der Waals surface area contributed by atoms with Gasteiger partial charge in [0, 0.05) is 11.5 Å². The summed E-state index contributed by atoms with van der Waals surface area (Å²) < 4.78 is 26.7. The van der Waals surface area contributed by atoms with Gasteiger partial charge in [0.2, 0.25) is 5.78 Å². The standard InChI is InChI=1S/C15H13ClN2O5S/c16-10-5-7(6-24(21)22)1-4-9(10)13(19)11-12(15(17)20)18-23-14(11)8-2-3-8/h1,4-5,8,24H,2-3,6H2,(H2,17,20). The van der Waals surface area contributed by atoms with Crippen LogP contribution in [-0.2, 0) is 16.5 Å². The first-order valence-corrected chi connectivity index (χ1v) is 8.87. The van der Waals surface area contributed by atoms with Gasteiger partial charge in [0.25, 0.3) is 5.91 Å². The number of halogens is 1. The van der Waals surface area contributed by atoms with Gasteiger partial charge in [-0.2, -0.15) is 0 Å². The summed E-state index contributed by atoms with van der Waals surface area (Å²) in [6, 6.07) is 4.33. The van der Waals surface area contributed by atoms with E-state index in [0.29, 0.717) is 11.3 Å². The van der Waals surface area contributed by atoms with E-state index in [-0.39, 0.29) is 33.5 Å². The lowest BCUT2D eigenvalue weighted by Gasteiger charge is -2.06. The van der Waals surface area contributed by atoms with E-state index in [2.05, 4.69) is 5.16 Å². The Balaban J connectivity index is 2.03. The fourth-order valence-corrected chi connectivity index (χ4v) is 3.22. The Labute approximate surface area is 143 Å². The second-order valence-corrected chi connectivity index (χ2v) is 6.93. The summed E-state index contributed by atoms with van der Waals surface area (Å²) in [5.41, 5.74) is 5.69. The van der Waals surface area contributed by atoms with Crippen molar-refractivity contribution in [1.29, 1.82) is 0 Å². The van der Waals surface area contributed by atoms with Crippen molar-refractivity contribution in [2.75, 3.05) is 0 Å². The van der Waals surface area contributed by atoms with E-state index in [0.717, 1.165) is 12.8 Å². The molecule has 24 heavy (non-hydrogen) atoms. The normalized spacial score (nSPS) is 14.1. The van der Waals surface area contributed by atoms with Crippen molar-refractivity contribution < 1.29 is 22.5 Å². The smallest absolute Gasteiger partial charge is 0.271 e. The third-order valence-corrected chi connectivity index (χ3v) is 4.65. The molecular weight excluding hydrogens is 356 g/mol. The summed E-state index contributed by atoms with van der Waals surface area (Å²) in [5.74, 6) is -1.15. The Kier molecular flexibility index (Phi) is 4.42. The molecule has 0 spiro atoms. The molecule has 2 aromatic rings. The zero-order valence-electron chi connectivity index (χ0n) is 12.3. The number of ketones is 1. The van der Waals surface area contributed by atoms with Crippen LogP contribution in [0.1, 0.15) is 56.5 Å². The lowest BCUT2D eigenvalue weighted by atomic mass is 9.98. The van der Waals surface area contributed by atoms with E-state index >= 15 is 0 Å². The third kappa shape index (κ3) is 3.20. The second kappa shape index (κ2) is 6.37. The highest BCUT2D eigenvalue weighted by atomic mass is 35.5. The van der Waals surface area contributed by atoms with Gasteiger partial charge in [-0.15, -0.1) is 0 Å². The predicted molar refractivity (Wildman–Crippen MR) is 85.9 cm³/mol. The number of hydrogen-bond donors (Lipinski definition) is 2. The Morgan fingerprint density at radius 2 is 2.04 bits per heavy atom. The predicted octanol–water partition coefficient (Wildman–Crippen LogP) is 1.65. The van der Waals surface area contributed by atoms with Crippen LogP contribution in [0, 0.1) is 0 Å². The van der Waals surface area contributed by atoms with Crippen LogP contribution in [0.25, 0.3) is 0 Å². The van der Waals surface area contributed by atoms with Crippen LogP contribution in [0.4, 0.5) is 0 Å². The Morgan fingerprint density at radius 1 is 1.33 bits per heavy atom. The molecule has 1 amide bonds. The number of aromatic nitrogens is 1. The van der Waals surface area contributed by atoms with Gasteiger partial charge in [0.1, 0.15) is 10.7 Å². The molecule has 3 rings (SSSR count). The maximum atomic E-state index is 12.8. The minimum atomic E-state index is -2.60. The molecule has 2 N–H and O–H groups in total. The van der Waals surface area contributed by atoms with E-state index < -0.39 is 22.4 Å². The summed E-state index contributed by atoms with van der Waals surface area (Å²) in [5, 5.41) is 3.71. The molecule has 1 fully saturated rings. The van der Waals surface area contributed by atoms with Crippen molar-refractivity contribution in [1.82, 2.24) is 5.16 Å². The molecule has 9 heteroatoms. The van der Waals surface area contributed by atoms with Crippen molar-refractivity contribution in [3.8, 4) is 0 Å². The number of nitrogens with zero attached hydrogens (tertiary/aromatic N) is 1. The minimum Gasteiger partial charge on any atom is -0.364 e. The van der Waals surface area contributed by atoms with Crippen LogP contribution >= 0.6 is 11.6 Å². The Bertz CT molecular complexity index is 907. The molecule has 1 aliphatic carbocycles. The number of nitrogens with two attached hydrogens (primary N) is 1. The number of carbonyl (C=O) groups is 2. The van der Waals surface area contributed by atoms with Crippen molar-refractivity contribution >= 4 is 34.0 Å². The molecule has 1 aliphatic rings. The maximum Gasteiger partial charge on any atom is 0.271 e. The molecule has 126 valence electrons. The first-order valence-electron chi connectivity index (χ1n) is 7.12. The van der Waals surface area contributed by atoms with Crippen LogP contribution in [0.2, 0.25) is 5.02 Å². The lowest BCUT2D eigenvalue weighted by Crippen LogP contribution is -2.17. The summed E-state index contributed by atoms with van der Waals surface area (Å²) in [6.07, 6.45) is 1.69. The fraction of sp³-hybridized carbons (Fsp3) is 0.267. The second-order valence-electron chi connectivity index (χ2n) is 5.54. The molecule has 1 saturated carbocycles. The first-order chi connectivity index (χ1) is 11.4. The van der Waals surface area contributed by atoms with Crippen molar-refractivity contribution in [2.45, 2.75) is 24.5 Å². The molecule has 1 aromatic carbocycles. The molecule has 0 aliphatic heterocycles. The minimum absolute atomic E-state index is 0.0366. The number of rotatable bonds is 6. The summed E-state index contributed by atoms with van der Waals surface area (Å²) >= 11 is 6.12. The van der Waals surface area contributed by atoms with Crippen molar-refractivity contribution in [3.63, 3.8) is 0 Å². The van der Waals surface area contributed by atoms with E-state index in [4.69, 9.17) is 21.9 Å². The third-order valence-electron chi connectivity index (χ3n) is 3.72. The van der Waals surface area contributed by atoms with Crippen LogP contribution in [0.5, 0.6) is 0 Å². The summed E-state index contributed by atoms with van der Waals surface area (Å²) in [6.45, 7) is 0. The number of carbonyl (C=O) groups excluding carboxylic acids is 2. The molecule has 0 saturated heterocycles. The molecule has 7 nitrogen and oxygen atoms in total. The van der Waals surface area contributed by atoms with Gasteiger partial charge >= 0.3 is 0 Å². The number of amides is 1. The van der Waals surface area contributed by atoms with E-state index in [1.54, 1.807) is 0 Å². The van der Waals surface area contributed by atoms with Gasteiger partial charge in [-0.05, 0) is 30.5 Å². The van der Waals surface area contributed by atoms with Gasteiger partial charge in [-0.1, -0.05) is 22.8 Å². The van der Waals surface area contributed by atoms with Gasteiger partial charge in [0.05, 0.1) is 16.3 Å². The molecule has 0 atom stereocenters. The van der Waals surface area contributed by atoms with Crippen LogP contribution in [0.3, 0.4) is 0 Å². The zero-order valence-corrected chi connectivity index (χ0v) is 14.0. The molecule has 0 radical (unpaired) electrons. The highest BCUT2D eigenvalue weighted by molar-refractivity contribution is 7.71. The topological polar surface area (TPSA) is 120 Å². The van der Waals surface area contributed by atoms with E-state index in [9.17, 15) is 18.0 Å². The monoisotopic (exact) mass is 368 g/mol. The SMILES string of the molecule is NC(=O)c1noc(C2CC2)c1C(=O)c1ccc(C[SH](=O)=O)cc1Cl. The molecule has 1 aromatic heterocycles. The molecule has 0 unspecified atom stereocenters. The molecule has 1 heterocycles. The largest absolute Gasteiger partial charge is 0.364 e. The summed E-state index contributed by atoms with van der Waals surface area (Å²) in [7, 11) is -2.60. The van der Waals surface area contributed by atoms with Gasteiger partial charge in [0.15, 0.2) is 11.5 Å². The number of benzene rings is 1. The van der Waals surface area contributed by atoms with Crippen LogP contribution < -0.4 is 5.73 Å². The number of hydrogen-bond acceptors (Lipinski definition) is 6. The molecular formula is C15H13ClN2O5S. The average Bonchev–Trinajstić information content (AvgIpc) is 3.24. The zero-order chi connectivity index (χ0) is 17.4. The fourth-order valence-electron chi connectivity index (χ4n) is 2.44. The van der Waals surface area contributed by atoms with Gasteiger partial charge < -0.3 is 10.3 Å². The summed E-state index contributed by atoms with van der Waals surface area (Å²) in [4.78, 5) is 24.3. The lowest BCUT2D eigenvalue weighted by molar-refractivity contribution is 0.0975. The first kappa shape index (κ1) is 16.7. The number of primary amides is 1. The maximum absolute atomic E-state index is 12.8. The Morgan fingerprint density at radius 3 is 2.58 bits per heavy atom. The van der Waals surface area contributed by atoms with Crippen molar-refractivity contribution in [2.24, 2.45) is 5.73 Å². The quantitative estimate of drug-likeness (QED) is 0.590. The van der Waals surface area contributed by atoms with Crippen LogP contribution in [-0.4, -0.2) is 25.3 Å². The highest BCUT2D eigenvalue weighted by Gasteiger charge is 2.37. The average molecular weight is 369 g/mol. The van der Waals surface area contributed by atoms with E-state index in [1.165, 1.54) is 18.2 Å². The number of thiol groups is 1. The van der Waals surface area contributed by atoms with E-state index in [1.807, 2.05) is 0 Å². The van der Waals surface area contributed by atoms with Crippen LogP contribution in [0.15, 0.2) is 22.7 Å².